The summed E-state index contributed by atoms with van der Waals surface area (Å²) in [5.41, 5.74) is 2.86. The summed E-state index contributed by atoms with van der Waals surface area (Å²) in [4.78, 5) is 25.7. The minimum Gasteiger partial charge on any atom is -0.493 e. The molecule has 11 heteroatoms. The van der Waals surface area contributed by atoms with Gasteiger partial charge in [-0.1, -0.05) is 53.7 Å². The molecule has 1 fully saturated rings. The third kappa shape index (κ3) is 6.62. The quantitative estimate of drug-likeness (QED) is 0.296. The maximum Gasteiger partial charge on any atom is 0.415 e. The summed E-state index contributed by atoms with van der Waals surface area (Å²) in [5, 5.41) is 0.280. The van der Waals surface area contributed by atoms with Crippen molar-refractivity contribution in [1.29, 1.82) is 0 Å². The molecule has 0 bridgehead atoms. The Kier molecular flexibility index (Phi) is 9.32. The van der Waals surface area contributed by atoms with Crippen LogP contribution in [0.1, 0.15) is 81.8 Å². The number of amides is 1. The van der Waals surface area contributed by atoms with Gasteiger partial charge in [-0.25, -0.2) is 9.78 Å². The number of hydrogen-bond acceptors (Lipinski definition) is 9. The Morgan fingerprint density at radius 1 is 0.857 bits per heavy atom. The van der Waals surface area contributed by atoms with E-state index in [-0.39, 0.29) is 45.4 Å². The summed E-state index contributed by atoms with van der Waals surface area (Å²) in [6.07, 6.45) is -0.516. The van der Waals surface area contributed by atoms with Crippen LogP contribution in [0.3, 0.4) is 0 Å². The number of benzene rings is 2. The van der Waals surface area contributed by atoms with Gasteiger partial charge >= 0.3 is 16.2 Å². The lowest BCUT2D eigenvalue weighted by Gasteiger charge is -2.31. The van der Waals surface area contributed by atoms with Gasteiger partial charge in [0.15, 0.2) is 11.5 Å². The SMILES string of the molecule is COc1cc2nc(C)nc(OS(=O)(=O)c3c(C(C)C)cc(C(C)C)cc3C(C)C)c2cc1OC(=O)N1CCN(C)CC1. The summed E-state index contributed by atoms with van der Waals surface area (Å²) in [7, 11) is -0.868. The maximum absolute atomic E-state index is 14.1. The van der Waals surface area contributed by atoms with E-state index in [0.717, 1.165) is 18.7 Å². The Bertz CT molecular complexity index is 1550. The van der Waals surface area contributed by atoms with E-state index in [9.17, 15) is 13.2 Å². The normalized spacial score (nSPS) is 14.7. The molecule has 1 aromatic heterocycles. The highest BCUT2D eigenvalue weighted by molar-refractivity contribution is 7.87. The van der Waals surface area contributed by atoms with Crippen molar-refractivity contribution in [1.82, 2.24) is 19.8 Å². The third-order valence-corrected chi connectivity index (χ3v) is 8.88. The Balaban J connectivity index is 1.81. The zero-order chi connectivity index (χ0) is 30.9. The molecule has 2 aromatic carbocycles. The number of carbonyl (C=O) groups is 1. The van der Waals surface area contributed by atoms with Gasteiger partial charge < -0.3 is 23.5 Å². The number of aryl methyl sites for hydroxylation is 1. The fourth-order valence-corrected chi connectivity index (χ4v) is 6.58. The molecule has 0 spiro atoms. The van der Waals surface area contributed by atoms with E-state index >= 15 is 0 Å². The number of nitrogens with zero attached hydrogens (tertiary/aromatic N) is 4. The van der Waals surface area contributed by atoms with Crippen LogP contribution in [-0.4, -0.2) is 74.6 Å². The highest BCUT2D eigenvalue weighted by Gasteiger charge is 2.30. The first-order chi connectivity index (χ1) is 19.7. The second-order valence-corrected chi connectivity index (χ2v) is 13.3. The molecular formula is C31H42N4O6S. The Morgan fingerprint density at radius 2 is 1.45 bits per heavy atom. The van der Waals surface area contributed by atoms with Crippen molar-refractivity contribution < 1.29 is 26.9 Å². The molecule has 0 atom stereocenters. The van der Waals surface area contributed by atoms with Gasteiger partial charge in [0.1, 0.15) is 10.7 Å². The van der Waals surface area contributed by atoms with Crippen LogP contribution in [0.15, 0.2) is 29.2 Å². The largest absolute Gasteiger partial charge is 0.493 e. The first-order valence-corrected chi connectivity index (χ1v) is 15.8. The zero-order valence-electron chi connectivity index (χ0n) is 26.0. The zero-order valence-corrected chi connectivity index (χ0v) is 26.8. The number of methoxy groups -OCH3 is 1. The Morgan fingerprint density at radius 3 is 1.98 bits per heavy atom. The van der Waals surface area contributed by atoms with Crippen molar-refractivity contribution in [3.8, 4) is 17.4 Å². The van der Waals surface area contributed by atoms with E-state index < -0.39 is 16.2 Å². The smallest absolute Gasteiger partial charge is 0.415 e. The summed E-state index contributed by atoms with van der Waals surface area (Å²) in [6.45, 7) is 16.3. The third-order valence-electron chi connectivity index (χ3n) is 7.53. The van der Waals surface area contributed by atoms with Crippen molar-refractivity contribution in [3.05, 3.63) is 46.8 Å². The van der Waals surface area contributed by atoms with Crippen LogP contribution < -0.4 is 13.7 Å². The molecule has 0 N–H and O–H groups in total. The van der Waals surface area contributed by atoms with Gasteiger partial charge in [0.2, 0.25) is 5.88 Å². The molecule has 0 radical (unpaired) electrons. The fraction of sp³-hybridized carbons (Fsp3) is 0.516. The number of hydrogen-bond donors (Lipinski definition) is 0. The van der Waals surface area contributed by atoms with E-state index in [1.54, 1.807) is 17.9 Å². The van der Waals surface area contributed by atoms with E-state index in [1.165, 1.54) is 13.2 Å². The second-order valence-electron chi connectivity index (χ2n) is 11.8. The van der Waals surface area contributed by atoms with Gasteiger partial charge in [0.05, 0.1) is 18.0 Å². The summed E-state index contributed by atoms with van der Waals surface area (Å²) in [5.74, 6) is 0.676. The molecular weight excluding hydrogens is 556 g/mol. The summed E-state index contributed by atoms with van der Waals surface area (Å²) < 4.78 is 45.3. The predicted molar refractivity (Wildman–Crippen MR) is 162 cm³/mol. The van der Waals surface area contributed by atoms with Crippen LogP contribution in [0.25, 0.3) is 10.9 Å². The molecule has 4 rings (SSSR count). The lowest BCUT2D eigenvalue weighted by atomic mass is 9.89. The maximum atomic E-state index is 14.1. The standard InChI is InChI=1S/C31H42N4O6S/c1-18(2)22-14-23(19(3)4)29(24(15-22)20(5)6)42(37,38)41-30-25-16-28(27(39-9)17-26(25)32-21(7)33-30)40-31(36)35-12-10-34(8)11-13-35/h14-20H,10-13H2,1-9H3. The molecule has 0 unspecified atom stereocenters. The highest BCUT2D eigenvalue weighted by atomic mass is 32.2. The molecule has 3 aromatic rings. The topological polar surface area (TPSA) is 111 Å². The first kappa shape index (κ1) is 31.5. The number of carbonyl (C=O) groups excluding carboxylic acids is 1. The van der Waals surface area contributed by atoms with Crippen molar-refractivity contribution in [2.45, 2.75) is 71.1 Å². The van der Waals surface area contributed by atoms with Crippen LogP contribution in [0.2, 0.25) is 0 Å². The lowest BCUT2D eigenvalue weighted by Crippen LogP contribution is -2.48. The van der Waals surface area contributed by atoms with Gasteiger partial charge in [0.25, 0.3) is 0 Å². The van der Waals surface area contributed by atoms with Crippen LogP contribution in [0, 0.1) is 6.92 Å². The van der Waals surface area contributed by atoms with Crippen molar-refractivity contribution >= 4 is 27.1 Å². The first-order valence-electron chi connectivity index (χ1n) is 14.4. The molecule has 1 saturated heterocycles. The molecule has 228 valence electrons. The van der Waals surface area contributed by atoms with E-state index in [2.05, 4.69) is 28.7 Å². The molecule has 42 heavy (non-hydrogen) atoms. The molecule has 10 nitrogen and oxygen atoms in total. The number of ether oxygens (including phenoxy) is 2. The lowest BCUT2D eigenvalue weighted by molar-refractivity contribution is 0.119. The molecule has 1 amide bonds. The molecule has 0 aliphatic carbocycles. The van der Waals surface area contributed by atoms with Gasteiger partial charge in [-0.15, -0.1) is 0 Å². The number of likely N-dealkylation sites (N-methyl/N-ethyl adjacent to an activating group) is 1. The van der Waals surface area contributed by atoms with E-state index in [4.69, 9.17) is 13.7 Å². The summed E-state index contributed by atoms with van der Waals surface area (Å²) in [6, 6.07) is 7.01. The van der Waals surface area contributed by atoms with Crippen LogP contribution in [-0.2, 0) is 10.1 Å². The number of aromatic nitrogens is 2. The van der Waals surface area contributed by atoms with Crippen LogP contribution in [0.5, 0.6) is 17.4 Å². The van der Waals surface area contributed by atoms with E-state index in [0.29, 0.717) is 35.6 Å². The summed E-state index contributed by atoms with van der Waals surface area (Å²) >= 11 is 0. The monoisotopic (exact) mass is 598 g/mol. The average Bonchev–Trinajstić information content (AvgIpc) is 2.92. The molecule has 1 aliphatic rings. The van der Waals surface area contributed by atoms with Crippen molar-refractivity contribution in [2.75, 3.05) is 40.3 Å². The van der Waals surface area contributed by atoms with Crippen LogP contribution in [0.4, 0.5) is 4.79 Å². The van der Waals surface area contributed by atoms with Gasteiger partial charge in [-0.05, 0) is 54.5 Å². The van der Waals surface area contributed by atoms with Gasteiger partial charge in [0, 0.05) is 32.2 Å². The fourth-order valence-electron chi connectivity index (χ4n) is 4.99. The second kappa shape index (κ2) is 12.4. The molecule has 1 aliphatic heterocycles. The number of rotatable bonds is 8. The van der Waals surface area contributed by atoms with Crippen LogP contribution >= 0.6 is 0 Å². The van der Waals surface area contributed by atoms with E-state index in [1.807, 2.05) is 46.9 Å². The Hall–Kier alpha value is -3.44. The van der Waals surface area contributed by atoms with Gasteiger partial charge in [-0.3, -0.25) is 0 Å². The molecule has 2 heterocycles. The highest BCUT2D eigenvalue weighted by Crippen LogP contribution is 2.39. The average molecular weight is 599 g/mol. The molecule has 0 saturated carbocycles. The minimum absolute atomic E-state index is 0.0664. The number of fused-ring (bicyclic) bond motifs is 1. The predicted octanol–water partition coefficient (Wildman–Crippen LogP) is 5.83. The van der Waals surface area contributed by atoms with Crippen molar-refractivity contribution in [3.63, 3.8) is 0 Å². The minimum atomic E-state index is -4.33. The van der Waals surface area contributed by atoms with Crippen molar-refractivity contribution in [2.24, 2.45) is 0 Å². The number of piperazine rings is 1. The Labute approximate surface area is 249 Å². The van der Waals surface area contributed by atoms with Gasteiger partial charge in [-0.2, -0.15) is 13.4 Å².